The van der Waals surface area contributed by atoms with E-state index in [1.165, 1.54) is 12.0 Å². The second-order valence-corrected chi connectivity index (χ2v) is 5.99. The largest absolute Gasteiger partial charge is 0.337 e. The van der Waals surface area contributed by atoms with E-state index in [0.29, 0.717) is 11.6 Å². The smallest absolute Gasteiger partial charge is 0.272 e. The summed E-state index contributed by atoms with van der Waals surface area (Å²) in [5.41, 5.74) is 3.78. The van der Waals surface area contributed by atoms with Gasteiger partial charge < -0.3 is 10.2 Å². The van der Waals surface area contributed by atoms with Gasteiger partial charge in [-0.3, -0.25) is 4.79 Å². The van der Waals surface area contributed by atoms with Gasteiger partial charge in [-0.2, -0.15) is 0 Å². The Morgan fingerprint density at radius 3 is 2.70 bits per heavy atom. The fourth-order valence-corrected chi connectivity index (χ4v) is 2.80. The number of hydrogen-bond acceptors (Lipinski definition) is 4. The van der Waals surface area contributed by atoms with Gasteiger partial charge in [-0.1, -0.05) is 12.1 Å². The zero-order valence-corrected chi connectivity index (χ0v) is 13.7. The Kier molecular flexibility index (Phi) is 4.55. The summed E-state index contributed by atoms with van der Waals surface area (Å²) in [4.78, 5) is 23.1. The number of rotatable bonds is 3. The Morgan fingerprint density at radius 2 is 1.91 bits per heavy atom. The average Bonchev–Trinajstić information content (AvgIpc) is 2.59. The minimum absolute atomic E-state index is 0.00360. The SMILES string of the molecule is Cc1cccc(Nc2nccc(C(=O)N3CCCCC3)n2)c1C. The molecule has 1 fully saturated rings. The first-order chi connectivity index (χ1) is 11.1. The van der Waals surface area contributed by atoms with Crippen molar-refractivity contribution in [2.24, 2.45) is 0 Å². The standard InChI is InChI=1S/C18H22N4O/c1-13-7-6-8-15(14(13)2)20-18-19-10-9-16(21-18)17(23)22-11-4-3-5-12-22/h6-10H,3-5,11-12H2,1-2H3,(H,19,20,21). The van der Waals surface area contributed by atoms with Crippen LogP contribution in [0.2, 0.25) is 0 Å². The van der Waals surface area contributed by atoms with E-state index in [0.717, 1.165) is 37.2 Å². The summed E-state index contributed by atoms with van der Waals surface area (Å²) in [6, 6.07) is 7.74. The van der Waals surface area contributed by atoms with Gasteiger partial charge in [0.25, 0.3) is 5.91 Å². The fraction of sp³-hybridized carbons (Fsp3) is 0.389. The maximum absolute atomic E-state index is 12.5. The highest BCUT2D eigenvalue weighted by molar-refractivity contribution is 5.92. The molecule has 120 valence electrons. The monoisotopic (exact) mass is 310 g/mol. The lowest BCUT2D eigenvalue weighted by Gasteiger charge is -2.26. The van der Waals surface area contributed by atoms with Crippen molar-refractivity contribution in [3.63, 3.8) is 0 Å². The zero-order chi connectivity index (χ0) is 16.2. The highest BCUT2D eigenvalue weighted by atomic mass is 16.2. The van der Waals surface area contributed by atoms with Crippen molar-refractivity contribution in [3.05, 3.63) is 47.3 Å². The molecular weight excluding hydrogens is 288 g/mol. The number of likely N-dealkylation sites (tertiary alicyclic amines) is 1. The number of carbonyl (C=O) groups excluding carboxylic acids is 1. The van der Waals surface area contributed by atoms with Crippen LogP contribution in [0.3, 0.4) is 0 Å². The maximum atomic E-state index is 12.5. The molecule has 0 saturated carbocycles. The van der Waals surface area contributed by atoms with Crippen LogP contribution in [0.25, 0.3) is 0 Å². The third-order valence-electron chi connectivity index (χ3n) is 4.37. The Bertz CT molecular complexity index is 708. The molecule has 0 unspecified atom stereocenters. The molecule has 2 heterocycles. The summed E-state index contributed by atoms with van der Waals surface area (Å²) < 4.78 is 0. The molecule has 0 atom stereocenters. The fourth-order valence-electron chi connectivity index (χ4n) is 2.80. The van der Waals surface area contributed by atoms with Gasteiger partial charge in [0.05, 0.1) is 0 Å². The van der Waals surface area contributed by atoms with Gasteiger partial charge in [0.2, 0.25) is 5.95 Å². The lowest BCUT2D eigenvalue weighted by molar-refractivity contribution is 0.0718. The number of nitrogens with one attached hydrogen (secondary N) is 1. The number of carbonyl (C=O) groups is 1. The van der Waals surface area contributed by atoms with Crippen molar-refractivity contribution < 1.29 is 4.79 Å². The van der Waals surface area contributed by atoms with Crippen LogP contribution in [0.4, 0.5) is 11.6 Å². The second-order valence-electron chi connectivity index (χ2n) is 5.99. The van der Waals surface area contributed by atoms with E-state index in [1.54, 1.807) is 12.3 Å². The minimum Gasteiger partial charge on any atom is -0.337 e. The maximum Gasteiger partial charge on any atom is 0.272 e. The van der Waals surface area contributed by atoms with E-state index in [1.807, 2.05) is 17.0 Å². The van der Waals surface area contributed by atoms with Gasteiger partial charge in [0, 0.05) is 25.0 Å². The van der Waals surface area contributed by atoms with Gasteiger partial charge in [0.1, 0.15) is 5.69 Å². The van der Waals surface area contributed by atoms with E-state index in [9.17, 15) is 4.79 Å². The lowest BCUT2D eigenvalue weighted by atomic mass is 10.1. The second kappa shape index (κ2) is 6.77. The van der Waals surface area contributed by atoms with Crippen LogP contribution in [0.15, 0.2) is 30.5 Å². The number of anilines is 2. The predicted octanol–water partition coefficient (Wildman–Crippen LogP) is 3.46. The summed E-state index contributed by atoms with van der Waals surface area (Å²) in [5.74, 6) is 0.456. The van der Waals surface area contributed by atoms with Gasteiger partial charge in [-0.25, -0.2) is 9.97 Å². The molecule has 1 aromatic heterocycles. The first-order valence-electron chi connectivity index (χ1n) is 8.11. The normalized spacial score (nSPS) is 14.6. The number of nitrogens with zero attached hydrogens (tertiary/aromatic N) is 3. The molecule has 0 radical (unpaired) electrons. The quantitative estimate of drug-likeness (QED) is 0.943. The Labute approximate surface area is 136 Å². The highest BCUT2D eigenvalue weighted by Gasteiger charge is 2.19. The molecule has 1 N–H and O–H groups in total. The van der Waals surface area contributed by atoms with Gasteiger partial charge in [-0.05, 0) is 56.4 Å². The summed E-state index contributed by atoms with van der Waals surface area (Å²) in [7, 11) is 0. The third kappa shape index (κ3) is 3.50. The first kappa shape index (κ1) is 15.5. The number of hydrogen-bond donors (Lipinski definition) is 1. The van der Waals surface area contributed by atoms with Gasteiger partial charge >= 0.3 is 0 Å². The minimum atomic E-state index is -0.00360. The number of aromatic nitrogens is 2. The first-order valence-corrected chi connectivity index (χ1v) is 8.11. The third-order valence-corrected chi connectivity index (χ3v) is 4.37. The molecule has 3 rings (SSSR count). The molecule has 1 amide bonds. The van der Waals surface area contributed by atoms with Gasteiger partial charge in [0.15, 0.2) is 0 Å². The van der Waals surface area contributed by atoms with Crippen molar-refractivity contribution in [2.45, 2.75) is 33.1 Å². The van der Waals surface area contributed by atoms with E-state index in [4.69, 9.17) is 0 Å². The van der Waals surface area contributed by atoms with Crippen LogP contribution in [0, 0.1) is 13.8 Å². The molecule has 5 nitrogen and oxygen atoms in total. The molecule has 1 aliphatic rings. The average molecular weight is 310 g/mol. The van der Waals surface area contributed by atoms with Crippen molar-refractivity contribution >= 4 is 17.5 Å². The number of benzene rings is 1. The van der Waals surface area contributed by atoms with Crippen LogP contribution in [-0.2, 0) is 0 Å². The Hall–Kier alpha value is -2.43. The molecule has 0 aliphatic carbocycles. The zero-order valence-electron chi connectivity index (χ0n) is 13.7. The van der Waals surface area contributed by atoms with Crippen molar-refractivity contribution in [2.75, 3.05) is 18.4 Å². The highest BCUT2D eigenvalue weighted by Crippen LogP contribution is 2.21. The predicted molar refractivity (Wildman–Crippen MR) is 91.0 cm³/mol. The van der Waals surface area contributed by atoms with E-state index in [2.05, 4.69) is 35.2 Å². The number of piperidine rings is 1. The lowest BCUT2D eigenvalue weighted by Crippen LogP contribution is -2.36. The van der Waals surface area contributed by atoms with E-state index in [-0.39, 0.29) is 5.91 Å². The topological polar surface area (TPSA) is 58.1 Å². The molecular formula is C18H22N4O. The Balaban J connectivity index is 1.79. The summed E-state index contributed by atoms with van der Waals surface area (Å²) >= 11 is 0. The van der Waals surface area contributed by atoms with Crippen LogP contribution < -0.4 is 5.32 Å². The van der Waals surface area contributed by atoms with Crippen molar-refractivity contribution in [1.29, 1.82) is 0 Å². The van der Waals surface area contributed by atoms with Crippen LogP contribution >= 0.6 is 0 Å². The van der Waals surface area contributed by atoms with E-state index < -0.39 is 0 Å². The van der Waals surface area contributed by atoms with Crippen molar-refractivity contribution in [3.8, 4) is 0 Å². The molecule has 0 spiro atoms. The molecule has 1 aromatic carbocycles. The van der Waals surface area contributed by atoms with Crippen LogP contribution in [0.1, 0.15) is 40.9 Å². The summed E-state index contributed by atoms with van der Waals surface area (Å²) in [5, 5.41) is 3.22. The molecule has 1 saturated heterocycles. The summed E-state index contributed by atoms with van der Waals surface area (Å²) in [6.07, 6.45) is 4.99. The number of amides is 1. The molecule has 2 aromatic rings. The summed E-state index contributed by atoms with van der Waals surface area (Å²) in [6.45, 7) is 5.77. The van der Waals surface area contributed by atoms with E-state index >= 15 is 0 Å². The van der Waals surface area contributed by atoms with Crippen LogP contribution in [0.5, 0.6) is 0 Å². The molecule has 5 heteroatoms. The van der Waals surface area contributed by atoms with Gasteiger partial charge in [-0.15, -0.1) is 0 Å². The Morgan fingerprint density at radius 1 is 1.13 bits per heavy atom. The van der Waals surface area contributed by atoms with Crippen LogP contribution in [-0.4, -0.2) is 33.9 Å². The molecule has 23 heavy (non-hydrogen) atoms. The van der Waals surface area contributed by atoms with Crippen molar-refractivity contribution in [1.82, 2.24) is 14.9 Å². The molecule has 1 aliphatic heterocycles. The molecule has 0 bridgehead atoms. The number of aryl methyl sites for hydroxylation is 1.